The van der Waals surface area contributed by atoms with Crippen molar-refractivity contribution in [1.82, 2.24) is 9.78 Å². The fourth-order valence-electron chi connectivity index (χ4n) is 3.49. The second kappa shape index (κ2) is 5.61. The Balaban J connectivity index is 1.87. The second-order valence-corrected chi connectivity index (χ2v) is 6.14. The molecule has 1 aliphatic carbocycles. The standard InChI is InChI=1S/C17H21ClN2/c1-20-15(9-12-19-20)8-11-17(13-18)10-4-6-14-5-2-3-7-16(14)17/h2-3,5,7,9,12H,4,6,8,10-11,13H2,1H3. The van der Waals surface area contributed by atoms with Gasteiger partial charge in [0.15, 0.2) is 0 Å². The quantitative estimate of drug-likeness (QED) is 0.781. The number of hydrogen-bond acceptors (Lipinski definition) is 1. The first-order valence-electron chi connectivity index (χ1n) is 7.36. The number of fused-ring (bicyclic) bond motifs is 1. The smallest absolute Gasteiger partial charge is 0.0492 e. The number of nitrogens with zero attached hydrogens (tertiary/aromatic N) is 2. The molecule has 3 heteroatoms. The molecule has 2 nitrogen and oxygen atoms in total. The van der Waals surface area contributed by atoms with Crippen molar-refractivity contribution >= 4 is 11.6 Å². The van der Waals surface area contributed by atoms with E-state index < -0.39 is 0 Å². The lowest BCUT2D eigenvalue weighted by molar-refractivity contribution is 0.368. The van der Waals surface area contributed by atoms with Gasteiger partial charge in [-0.25, -0.2) is 0 Å². The SMILES string of the molecule is Cn1nccc1CCC1(CCl)CCCc2ccccc21. The highest BCUT2D eigenvalue weighted by Crippen LogP contribution is 2.41. The molecule has 3 rings (SSSR count). The molecule has 1 aromatic heterocycles. The molecule has 0 fully saturated rings. The van der Waals surface area contributed by atoms with Gasteiger partial charge in [-0.1, -0.05) is 24.3 Å². The van der Waals surface area contributed by atoms with E-state index >= 15 is 0 Å². The predicted octanol–water partition coefficient (Wildman–Crippen LogP) is 3.87. The van der Waals surface area contributed by atoms with Crippen LogP contribution in [0.2, 0.25) is 0 Å². The van der Waals surface area contributed by atoms with Crippen LogP contribution in [-0.4, -0.2) is 15.7 Å². The monoisotopic (exact) mass is 288 g/mol. The molecule has 2 aromatic rings. The summed E-state index contributed by atoms with van der Waals surface area (Å²) >= 11 is 6.42. The molecule has 0 N–H and O–H groups in total. The fourth-order valence-corrected chi connectivity index (χ4v) is 3.90. The van der Waals surface area contributed by atoms with E-state index in [1.807, 2.05) is 17.9 Å². The van der Waals surface area contributed by atoms with Crippen LogP contribution in [0.3, 0.4) is 0 Å². The summed E-state index contributed by atoms with van der Waals surface area (Å²) in [4.78, 5) is 0. The summed E-state index contributed by atoms with van der Waals surface area (Å²) < 4.78 is 1.97. The molecule has 0 spiro atoms. The maximum absolute atomic E-state index is 6.42. The minimum atomic E-state index is 0.140. The van der Waals surface area contributed by atoms with Crippen molar-refractivity contribution in [2.45, 2.75) is 37.5 Å². The van der Waals surface area contributed by atoms with Crippen LogP contribution in [-0.2, 0) is 25.3 Å². The maximum Gasteiger partial charge on any atom is 0.0492 e. The highest BCUT2D eigenvalue weighted by Gasteiger charge is 2.35. The lowest BCUT2D eigenvalue weighted by Gasteiger charge is -2.38. The molecule has 0 amide bonds. The summed E-state index contributed by atoms with van der Waals surface area (Å²) in [7, 11) is 2.01. The third-order valence-electron chi connectivity index (χ3n) is 4.73. The van der Waals surface area contributed by atoms with Crippen LogP contribution >= 0.6 is 11.6 Å². The Morgan fingerprint density at radius 1 is 1.30 bits per heavy atom. The Kier molecular flexibility index (Phi) is 3.84. The van der Waals surface area contributed by atoms with E-state index in [-0.39, 0.29) is 5.41 Å². The lowest BCUT2D eigenvalue weighted by Crippen LogP contribution is -2.33. The molecule has 0 radical (unpaired) electrons. The molecule has 1 aromatic carbocycles. The molecular weight excluding hydrogens is 268 g/mol. The molecule has 1 heterocycles. The first-order valence-corrected chi connectivity index (χ1v) is 7.90. The Labute approximate surface area is 125 Å². The van der Waals surface area contributed by atoms with E-state index in [0.29, 0.717) is 5.88 Å². The van der Waals surface area contributed by atoms with E-state index in [0.717, 1.165) is 12.8 Å². The van der Waals surface area contributed by atoms with Gasteiger partial charge in [0.1, 0.15) is 0 Å². The predicted molar refractivity (Wildman–Crippen MR) is 83.3 cm³/mol. The van der Waals surface area contributed by atoms with Gasteiger partial charge in [-0.05, 0) is 49.3 Å². The Hall–Kier alpha value is -1.28. The summed E-state index contributed by atoms with van der Waals surface area (Å²) in [5.74, 6) is 0.710. The number of alkyl halides is 1. The lowest BCUT2D eigenvalue weighted by atomic mass is 9.68. The molecule has 106 valence electrons. The number of rotatable bonds is 4. The van der Waals surface area contributed by atoms with Crippen molar-refractivity contribution in [3.8, 4) is 0 Å². The van der Waals surface area contributed by atoms with Gasteiger partial charge in [-0.15, -0.1) is 11.6 Å². The Morgan fingerprint density at radius 2 is 2.15 bits per heavy atom. The number of halogens is 1. The van der Waals surface area contributed by atoms with E-state index in [2.05, 4.69) is 35.4 Å². The zero-order valence-electron chi connectivity index (χ0n) is 12.0. The summed E-state index contributed by atoms with van der Waals surface area (Å²) in [5, 5.41) is 4.26. The minimum absolute atomic E-state index is 0.140. The molecule has 1 atom stereocenters. The van der Waals surface area contributed by atoms with Gasteiger partial charge in [0.2, 0.25) is 0 Å². The van der Waals surface area contributed by atoms with Crippen LogP contribution in [0, 0.1) is 0 Å². The molecule has 0 bridgehead atoms. The van der Waals surface area contributed by atoms with Crippen molar-refractivity contribution in [2.75, 3.05) is 5.88 Å². The van der Waals surface area contributed by atoms with E-state index in [1.54, 1.807) is 0 Å². The van der Waals surface area contributed by atoms with Crippen LogP contribution in [0.1, 0.15) is 36.1 Å². The molecular formula is C17H21ClN2. The van der Waals surface area contributed by atoms with Gasteiger partial charge in [-0.3, -0.25) is 4.68 Å². The van der Waals surface area contributed by atoms with Gasteiger partial charge in [-0.2, -0.15) is 5.10 Å². The summed E-state index contributed by atoms with van der Waals surface area (Å²) in [5.41, 5.74) is 4.39. The summed E-state index contributed by atoms with van der Waals surface area (Å²) in [6.07, 6.45) is 7.66. The van der Waals surface area contributed by atoms with Crippen LogP contribution in [0.15, 0.2) is 36.5 Å². The van der Waals surface area contributed by atoms with Crippen LogP contribution in [0.4, 0.5) is 0 Å². The zero-order chi connectivity index (χ0) is 14.0. The normalized spacial score (nSPS) is 21.7. The topological polar surface area (TPSA) is 17.8 Å². The largest absolute Gasteiger partial charge is 0.273 e. The van der Waals surface area contributed by atoms with Gasteiger partial charge in [0, 0.05) is 30.2 Å². The van der Waals surface area contributed by atoms with E-state index in [9.17, 15) is 0 Å². The Bertz CT molecular complexity index is 590. The van der Waals surface area contributed by atoms with Crippen LogP contribution in [0.5, 0.6) is 0 Å². The molecule has 1 unspecified atom stereocenters. The number of hydrogen-bond donors (Lipinski definition) is 0. The van der Waals surface area contributed by atoms with Crippen molar-refractivity contribution in [2.24, 2.45) is 7.05 Å². The Morgan fingerprint density at radius 3 is 2.90 bits per heavy atom. The first-order chi connectivity index (χ1) is 9.75. The molecule has 1 aliphatic rings. The summed E-state index contributed by atoms with van der Waals surface area (Å²) in [6.45, 7) is 0. The van der Waals surface area contributed by atoms with E-state index in [4.69, 9.17) is 11.6 Å². The van der Waals surface area contributed by atoms with Crippen molar-refractivity contribution < 1.29 is 0 Å². The van der Waals surface area contributed by atoms with Gasteiger partial charge >= 0.3 is 0 Å². The van der Waals surface area contributed by atoms with E-state index in [1.165, 1.54) is 36.1 Å². The number of benzene rings is 1. The number of aromatic nitrogens is 2. The number of aryl methyl sites for hydroxylation is 3. The maximum atomic E-state index is 6.42. The molecule has 20 heavy (non-hydrogen) atoms. The third-order valence-corrected chi connectivity index (χ3v) is 5.24. The van der Waals surface area contributed by atoms with Gasteiger partial charge in [0.25, 0.3) is 0 Å². The highest BCUT2D eigenvalue weighted by atomic mass is 35.5. The van der Waals surface area contributed by atoms with Crippen molar-refractivity contribution in [3.63, 3.8) is 0 Å². The highest BCUT2D eigenvalue weighted by molar-refractivity contribution is 6.18. The fraction of sp³-hybridized carbons (Fsp3) is 0.471. The average Bonchev–Trinajstić information content (AvgIpc) is 2.90. The average molecular weight is 289 g/mol. The zero-order valence-corrected chi connectivity index (χ0v) is 12.7. The van der Waals surface area contributed by atoms with Gasteiger partial charge < -0.3 is 0 Å². The first kappa shape index (κ1) is 13.7. The molecule has 0 saturated carbocycles. The van der Waals surface area contributed by atoms with Crippen LogP contribution < -0.4 is 0 Å². The molecule has 0 saturated heterocycles. The molecule has 0 aliphatic heterocycles. The van der Waals surface area contributed by atoms with Crippen LogP contribution in [0.25, 0.3) is 0 Å². The van der Waals surface area contributed by atoms with Gasteiger partial charge in [0.05, 0.1) is 0 Å². The summed E-state index contributed by atoms with van der Waals surface area (Å²) in [6, 6.07) is 10.9. The third kappa shape index (κ3) is 2.37. The van der Waals surface area contributed by atoms with Crippen molar-refractivity contribution in [1.29, 1.82) is 0 Å². The minimum Gasteiger partial charge on any atom is -0.273 e. The second-order valence-electron chi connectivity index (χ2n) is 5.87. The van der Waals surface area contributed by atoms with Crippen molar-refractivity contribution in [3.05, 3.63) is 53.3 Å².